The number of aryl methyl sites for hydroxylation is 2. The second kappa shape index (κ2) is 8.67. The van der Waals surface area contributed by atoms with E-state index in [-0.39, 0.29) is 47.9 Å². The molecule has 152 valence electrons. The van der Waals surface area contributed by atoms with Crippen molar-refractivity contribution < 1.29 is 18.7 Å². The van der Waals surface area contributed by atoms with Crippen molar-refractivity contribution in [2.45, 2.75) is 26.8 Å². The maximum absolute atomic E-state index is 12.8. The Balaban J connectivity index is 1.83. The minimum absolute atomic E-state index is 0.0259. The normalized spacial score (nSPS) is 10.9. The number of hydrogen-bond donors (Lipinski definition) is 1. The Bertz CT molecular complexity index is 1130. The van der Waals surface area contributed by atoms with Crippen LogP contribution in [0.25, 0.3) is 11.1 Å². The van der Waals surface area contributed by atoms with Crippen LogP contribution in [-0.4, -0.2) is 28.0 Å². The summed E-state index contributed by atoms with van der Waals surface area (Å²) >= 11 is 12.1. The van der Waals surface area contributed by atoms with Gasteiger partial charge < -0.3 is 14.5 Å². The minimum atomic E-state index is -0.661. The van der Waals surface area contributed by atoms with Gasteiger partial charge in [0.25, 0.3) is 5.56 Å². The molecule has 1 amide bonds. The number of fused-ring (bicyclic) bond motifs is 1. The molecular formula is C19H17Cl2N3O5. The van der Waals surface area contributed by atoms with E-state index in [1.807, 2.05) is 0 Å². The predicted molar refractivity (Wildman–Crippen MR) is 109 cm³/mol. The largest absolute Gasteiger partial charge is 0.462 e. The van der Waals surface area contributed by atoms with Crippen LogP contribution in [0, 0.1) is 6.92 Å². The maximum Gasteiger partial charge on any atom is 0.342 e. The maximum atomic E-state index is 12.8. The van der Waals surface area contributed by atoms with Crippen LogP contribution in [-0.2, 0) is 16.1 Å². The number of aromatic nitrogens is 2. The minimum Gasteiger partial charge on any atom is -0.462 e. The molecule has 3 aromatic rings. The van der Waals surface area contributed by atoms with Crippen LogP contribution in [0.1, 0.15) is 29.5 Å². The van der Waals surface area contributed by atoms with E-state index in [2.05, 4.69) is 10.3 Å². The number of para-hydroxylation sites is 1. The summed E-state index contributed by atoms with van der Waals surface area (Å²) < 4.78 is 11.6. The number of hydrogen-bond acceptors (Lipinski definition) is 6. The van der Waals surface area contributed by atoms with Crippen LogP contribution in [0.3, 0.4) is 0 Å². The molecule has 0 bridgehead atoms. The molecule has 0 spiro atoms. The highest BCUT2D eigenvalue weighted by molar-refractivity contribution is 6.39. The van der Waals surface area contributed by atoms with Gasteiger partial charge in [0, 0.05) is 13.0 Å². The first kappa shape index (κ1) is 20.9. The molecule has 0 aliphatic heterocycles. The van der Waals surface area contributed by atoms with Gasteiger partial charge in [0.05, 0.1) is 22.3 Å². The Kier molecular flexibility index (Phi) is 6.24. The third-order valence-electron chi connectivity index (χ3n) is 4.14. The first-order valence-electron chi connectivity index (χ1n) is 8.73. The van der Waals surface area contributed by atoms with Crippen molar-refractivity contribution >= 4 is 51.9 Å². The van der Waals surface area contributed by atoms with Crippen molar-refractivity contribution in [2.24, 2.45) is 0 Å². The highest BCUT2D eigenvalue weighted by Gasteiger charge is 2.24. The Labute approximate surface area is 175 Å². The van der Waals surface area contributed by atoms with Gasteiger partial charge in [-0.25, -0.2) is 9.78 Å². The molecule has 0 radical (unpaired) electrons. The van der Waals surface area contributed by atoms with E-state index in [0.717, 1.165) is 0 Å². The van der Waals surface area contributed by atoms with Crippen molar-refractivity contribution in [1.29, 1.82) is 0 Å². The average Bonchev–Trinajstić information content (AvgIpc) is 3.01. The van der Waals surface area contributed by atoms with E-state index in [9.17, 15) is 14.4 Å². The molecule has 8 nitrogen and oxygen atoms in total. The lowest BCUT2D eigenvalue weighted by molar-refractivity contribution is -0.116. The van der Waals surface area contributed by atoms with Gasteiger partial charge in [-0.1, -0.05) is 29.3 Å². The molecule has 3 rings (SSSR count). The number of halogens is 2. The molecular weight excluding hydrogens is 421 g/mol. The van der Waals surface area contributed by atoms with Crippen molar-refractivity contribution in [3.63, 3.8) is 0 Å². The third-order valence-corrected chi connectivity index (χ3v) is 4.77. The van der Waals surface area contributed by atoms with Gasteiger partial charge in [-0.15, -0.1) is 0 Å². The van der Waals surface area contributed by atoms with Gasteiger partial charge in [0.2, 0.25) is 11.6 Å². The molecule has 29 heavy (non-hydrogen) atoms. The molecule has 0 saturated carbocycles. The van der Waals surface area contributed by atoms with E-state index in [1.165, 1.54) is 10.9 Å². The van der Waals surface area contributed by atoms with Crippen LogP contribution < -0.4 is 10.9 Å². The van der Waals surface area contributed by atoms with Gasteiger partial charge in [-0.05, 0) is 26.0 Å². The van der Waals surface area contributed by atoms with E-state index < -0.39 is 11.5 Å². The Morgan fingerprint density at radius 3 is 2.62 bits per heavy atom. The van der Waals surface area contributed by atoms with Crippen molar-refractivity contribution in [3.8, 4) is 0 Å². The van der Waals surface area contributed by atoms with Crippen molar-refractivity contribution in [3.05, 3.63) is 56.2 Å². The number of furan rings is 1. The van der Waals surface area contributed by atoms with E-state index in [0.29, 0.717) is 15.7 Å². The first-order valence-corrected chi connectivity index (χ1v) is 9.48. The molecule has 2 aromatic heterocycles. The molecule has 0 fully saturated rings. The summed E-state index contributed by atoms with van der Waals surface area (Å²) in [6, 6.07) is 4.86. The van der Waals surface area contributed by atoms with Crippen LogP contribution in [0.4, 0.5) is 5.69 Å². The second-order valence-corrected chi connectivity index (χ2v) is 6.89. The summed E-state index contributed by atoms with van der Waals surface area (Å²) in [5, 5.41) is 3.26. The third kappa shape index (κ3) is 4.28. The summed E-state index contributed by atoms with van der Waals surface area (Å²) in [5.74, 6) is -0.806. The zero-order valence-corrected chi connectivity index (χ0v) is 17.1. The second-order valence-electron chi connectivity index (χ2n) is 6.07. The Hall–Kier alpha value is -2.84. The number of amides is 1. The lowest BCUT2D eigenvalue weighted by atomic mass is 10.2. The highest BCUT2D eigenvalue weighted by atomic mass is 35.5. The van der Waals surface area contributed by atoms with Crippen molar-refractivity contribution in [2.75, 3.05) is 11.9 Å². The standard InChI is InChI=1S/C19H17Cl2N3O5/c1-3-28-19(27)14-10(2)29-17-15(14)18(26)24(9-22-17)8-7-13(25)23-16-11(20)5-4-6-12(16)21/h4-6,9H,3,7-8H2,1-2H3,(H,23,25). The summed E-state index contributed by atoms with van der Waals surface area (Å²) in [5.41, 5.74) is -0.115. The summed E-state index contributed by atoms with van der Waals surface area (Å²) in [6.07, 6.45) is 1.22. The van der Waals surface area contributed by atoms with Crippen LogP contribution in [0.2, 0.25) is 10.0 Å². The molecule has 1 aromatic carbocycles. The fraction of sp³-hybridized carbons (Fsp3) is 0.263. The first-order chi connectivity index (χ1) is 13.8. The fourth-order valence-electron chi connectivity index (χ4n) is 2.79. The Morgan fingerprint density at radius 2 is 1.97 bits per heavy atom. The molecule has 0 saturated heterocycles. The number of carbonyl (C=O) groups is 2. The number of anilines is 1. The number of rotatable bonds is 6. The fourth-order valence-corrected chi connectivity index (χ4v) is 3.28. The van der Waals surface area contributed by atoms with Crippen LogP contribution in [0.15, 0.2) is 33.7 Å². The van der Waals surface area contributed by atoms with E-state index in [4.69, 9.17) is 32.4 Å². The number of esters is 1. The molecule has 0 unspecified atom stereocenters. The molecule has 0 aliphatic carbocycles. The van der Waals surface area contributed by atoms with Gasteiger partial charge >= 0.3 is 5.97 Å². The highest BCUT2D eigenvalue weighted by Crippen LogP contribution is 2.29. The number of ether oxygens (including phenoxy) is 1. The zero-order valence-electron chi connectivity index (χ0n) is 15.6. The van der Waals surface area contributed by atoms with Gasteiger partial charge in [0.1, 0.15) is 23.0 Å². The molecule has 0 aliphatic rings. The number of carbonyl (C=O) groups excluding carboxylic acids is 2. The van der Waals surface area contributed by atoms with Crippen molar-refractivity contribution in [1.82, 2.24) is 9.55 Å². The number of benzene rings is 1. The van der Waals surface area contributed by atoms with E-state index in [1.54, 1.807) is 32.0 Å². The summed E-state index contributed by atoms with van der Waals surface area (Å²) in [6.45, 7) is 3.40. The van der Waals surface area contributed by atoms with Gasteiger partial charge in [-0.2, -0.15) is 0 Å². The van der Waals surface area contributed by atoms with Crippen LogP contribution in [0.5, 0.6) is 0 Å². The van der Waals surface area contributed by atoms with Gasteiger partial charge in [-0.3, -0.25) is 14.2 Å². The number of nitrogens with one attached hydrogen (secondary N) is 1. The number of nitrogens with zero attached hydrogens (tertiary/aromatic N) is 2. The lowest BCUT2D eigenvalue weighted by Crippen LogP contribution is -2.24. The van der Waals surface area contributed by atoms with Gasteiger partial charge in [0.15, 0.2) is 0 Å². The zero-order chi connectivity index (χ0) is 21.1. The SMILES string of the molecule is CCOC(=O)c1c(C)oc2ncn(CCC(=O)Nc3c(Cl)cccc3Cl)c(=O)c12. The lowest BCUT2D eigenvalue weighted by Gasteiger charge is -2.10. The molecule has 1 N–H and O–H groups in total. The summed E-state index contributed by atoms with van der Waals surface area (Å²) in [7, 11) is 0. The molecule has 0 atom stereocenters. The van der Waals surface area contributed by atoms with E-state index >= 15 is 0 Å². The average molecular weight is 438 g/mol. The molecule has 2 heterocycles. The Morgan fingerprint density at radius 1 is 1.28 bits per heavy atom. The summed E-state index contributed by atoms with van der Waals surface area (Å²) in [4.78, 5) is 41.4. The topological polar surface area (TPSA) is 103 Å². The monoisotopic (exact) mass is 437 g/mol. The predicted octanol–water partition coefficient (Wildman–Crippen LogP) is 3.81. The van der Waals surface area contributed by atoms with Crippen LogP contribution >= 0.6 is 23.2 Å². The quantitative estimate of drug-likeness (QED) is 0.587. The molecule has 10 heteroatoms. The smallest absolute Gasteiger partial charge is 0.342 e.